The van der Waals surface area contributed by atoms with Crippen molar-refractivity contribution in [2.45, 2.75) is 75.8 Å². The maximum absolute atomic E-state index is 12.8. The van der Waals surface area contributed by atoms with Gasteiger partial charge in [-0.2, -0.15) is 9.78 Å². The normalized spacial score (nSPS) is 50.0. The van der Waals surface area contributed by atoms with E-state index in [9.17, 15) is 4.79 Å². The van der Waals surface area contributed by atoms with E-state index in [1.165, 1.54) is 32.1 Å². The molecule has 0 aromatic heterocycles. The molecule has 6 nitrogen and oxygen atoms in total. The van der Waals surface area contributed by atoms with Crippen molar-refractivity contribution in [1.82, 2.24) is 10.2 Å². The Hall–Kier alpha value is -0.690. The lowest BCUT2D eigenvalue weighted by Crippen LogP contribution is -2.59. The fraction of sp³-hybridized carbons (Fsp3) is 0.955. The molecule has 2 saturated heterocycles. The van der Waals surface area contributed by atoms with Crippen LogP contribution in [-0.4, -0.2) is 48.6 Å². The highest BCUT2D eigenvalue weighted by atomic mass is 17.3. The molecule has 6 heteroatoms. The van der Waals surface area contributed by atoms with Crippen molar-refractivity contribution in [3.05, 3.63) is 0 Å². The summed E-state index contributed by atoms with van der Waals surface area (Å²) >= 11 is 0. The third-order valence-corrected chi connectivity index (χ3v) is 8.65. The molecule has 1 N–H and O–H groups in total. The van der Waals surface area contributed by atoms with Crippen LogP contribution in [0.1, 0.15) is 64.2 Å². The van der Waals surface area contributed by atoms with Crippen LogP contribution in [0.25, 0.3) is 0 Å². The molecule has 2 heterocycles. The number of hydrogen-bond donors (Lipinski definition) is 1. The first-order valence-corrected chi connectivity index (χ1v) is 11.7. The fourth-order valence-corrected chi connectivity index (χ4v) is 7.55. The van der Waals surface area contributed by atoms with Gasteiger partial charge in [-0.3, -0.25) is 4.79 Å². The average molecular weight is 391 g/mol. The van der Waals surface area contributed by atoms with Gasteiger partial charge in [0, 0.05) is 57.3 Å². The summed E-state index contributed by atoms with van der Waals surface area (Å²) in [7, 11) is 0. The first-order chi connectivity index (χ1) is 13.6. The minimum absolute atomic E-state index is 0.298. The van der Waals surface area contributed by atoms with Crippen molar-refractivity contribution in [3.63, 3.8) is 0 Å². The molecular formula is C22H34N2O4. The number of ether oxygens (including phenoxy) is 1. The molecule has 1 amide bonds. The van der Waals surface area contributed by atoms with Gasteiger partial charge in [0.15, 0.2) is 0 Å². The smallest absolute Gasteiger partial charge is 0.222 e. The molecule has 7 aliphatic rings. The Bertz CT molecular complexity index is 606. The van der Waals surface area contributed by atoms with Gasteiger partial charge < -0.3 is 15.0 Å². The third-order valence-electron chi connectivity index (χ3n) is 8.65. The summed E-state index contributed by atoms with van der Waals surface area (Å²) in [6.45, 7) is 3.49. The number of nitrogens with zero attached hydrogens (tertiary/aromatic N) is 1. The Morgan fingerprint density at radius 2 is 1.71 bits per heavy atom. The molecule has 5 aliphatic carbocycles. The van der Waals surface area contributed by atoms with Crippen LogP contribution in [0.4, 0.5) is 0 Å². The lowest BCUT2D eigenvalue weighted by atomic mass is 9.53. The summed E-state index contributed by atoms with van der Waals surface area (Å²) in [4.78, 5) is 27.0. The maximum atomic E-state index is 12.8. The van der Waals surface area contributed by atoms with E-state index in [0.717, 1.165) is 63.7 Å². The van der Waals surface area contributed by atoms with Crippen molar-refractivity contribution in [1.29, 1.82) is 0 Å². The molecule has 156 valence electrons. The highest BCUT2D eigenvalue weighted by Crippen LogP contribution is 2.64. The van der Waals surface area contributed by atoms with Gasteiger partial charge in [-0.05, 0) is 62.7 Å². The minimum Gasteiger partial charge on any atom is -0.340 e. The number of nitrogens with one attached hydrogen (secondary N) is 1. The predicted molar refractivity (Wildman–Crippen MR) is 102 cm³/mol. The van der Waals surface area contributed by atoms with Crippen LogP contribution in [-0.2, 0) is 19.3 Å². The van der Waals surface area contributed by atoms with Gasteiger partial charge >= 0.3 is 0 Å². The first kappa shape index (κ1) is 18.1. The Labute approximate surface area is 167 Å². The van der Waals surface area contributed by atoms with E-state index in [-0.39, 0.29) is 0 Å². The summed E-state index contributed by atoms with van der Waals surface area (Å²) in [5.41, 5.74) is 0. The first-order valence-electron chi connectivity index (χ1n) is 11.7. The summed E-state index contributed by atoms with van der Waals surface area (Å²) in [5.74, 6) is 2.32. The second kappa shape index (κ2) is 6.66. The summed E-state index contributed by atoms with van der Waals surface area (Å²) in [6, 6.07) is 0. The number of amides is 1. The van der Waals surface area contributed by atoms with E-state index in [2.05, 4.69) is 5.32 Å². The second-order valence-corrected chi connectivity index (χ2v) is 10.5. The highest BCUT2D eigenvalue weighted by Gasteiger charge is 2.67. The van der Waals surface area contributed by atoms with Gasteiger partial charge in [-0.25, -0.2) is 0 Å². The molecule has 0 aromatic rings. The van der Waals surface area contributed by atoms with Crippen LogP contribution in [0.3, 0.4) is 0 Å². The van der Waals surface area contributed by atoms with Crippen molar-refractivity contribution in [2.75, 3.05) is 26.2 Å². The number of hydrogen-bond acceptors (Lipinski definition) is 5. The second-order valence-electron chi connectivity index (χ2n) is 10.5. The van der Waals surface area contributed by atoms with E-state index >= 15 is 0 Å². The molecule has 0 aromatic carbocycles. The van der Waals surface area contributed by atoms with Crippen LogP contribution in [0.5, 0.6) is 0 Å². The van der Waals surface area contributed by atoms with E-state index < -0.39 is 11.6 Å². The molecular weight excluding hydrogens is 356 g/mol. The number of carbonyl (C=O) groups excluding carboxylic acids is 1. The van der Waals surface area contributed by atoms with Crippen molar-refractivity contribution >= 4 is 5.91 Å². The van der Waals surface area contributed by atoms with Crippen LogP contribution in [0.2, 0.25) is 0 Å². The highest BCUT2D eigenvalue weighted by molar-refractivity contribution is 5.76. The number of rotatable bonds is 2. The lowest BCUT2D eigenvalue weighted by molar-refractivity contribution is -0.390. The van der Waals surface area contributed by atoms with Crippen molar-refractivity contribution < 1.29 is 19.3 Å². The van der Waals surface area contributed by atoms with Gasteiger partial charge in [0.2, 0.25) is 17.5 Å². The van der Waals surface area contributed by atoms with Gasteiger partial charge in [-0.1, -0.05) is 0 Å². The molecule has 2 aliphatic heterocycles. The Morgan fingerprint density at radius 1 is 1.00 bits per heavy atom. The zero-order valence-electron chi connectivity index (χ0n) is 16.9. The summed E-state index contributed by atoms with van der Waals surface area (Å²) in [6.07, 6.45) is 10.9. The van der Waals surface area contributed by atoms with Crippen LogP contribution >= 0.6 is 0 Å². The lowest BCUT2D eigenvalue weighted by Gasteiger charge is -2.57. The Morgan fingerprint density at radius 3 is 2.43 bits per heavy atom. The van der Waals surface area contributed by atoms with E-state index in [1.807, 2.05) is 4.90 Å². The molecule has 28 heavy (non-hydrogen) atoms. The van der Waals surface area contributed by atoms with Gasteiger partial charge in [-0.15, -0.1) is 0 Å². The quantitative estimate of drug-likeness (QED) is 0.735. The largest absolute Gasteiger partial charge is 0.340 e. The Balaban J connectivity index is 1.14. The van der Waals surface area contributed by atoms with Gasteiger partial charge in [0.1, 0.15) is 0 Å². The van der Waals surface area contributed by atoms with Crippen LogP contribution in [0.15, 0.2) is 0 Å². The van der Waals surface area contributed by atoms with Crippen molar-refractivity contribution in [3.8, 4) is 0 Å². The molecule has 0 radical (unpaired) electrons. The Kier molecular flexibility index (Phi) is 4.31. The van der Waals surface area contributed by atoms with E-state index in [1.54, 1.807) is 0 Å². The molecule has 5 saturated carbocycles. The monoisotopic (exact) mass is 390 g/mol. The zero-order chi connectivity index (χ0) is 18.8. The summed E-state index contributed by atoms with van der Waals surface area (Å²) in [5, 5.41) is 3.32. The SMILES string of the molecule is O=C(CC1CCCC2(C1)OOC1(O2)C2CC3CC(C2)CC1C3)N1CCNCC1. The number of piperazine rings is 1. The molecule has 4 bridgehead atoms. The van der Waals surface area contributed by atoms with Gasteiger partial charge in [0.05, 0.1) is 0 Å². The van der Waals surface area contributed by atoms with E-state index in [0.29, 0.717) is 30.1 Å². The molecule has 2 unspecified atom stereocenters. The average Bonchev–Trinajstić information content (AvgIpc) is 3.06. The zero-order valence-corrected chi connectivity index (χ0v) is 16.9. The third kappa shape index (κ3) is 2.86. The minimum atomic E-state index is -0.609. The molecule has 2 atom stereocenters. The van der Waals surface area contributed by atoms with Crippen molar-refractivity contribution in [2.24, 2.45) is 29.6 Å². The van der Waals surface area contributed by atoms with Gasteiger partial charge in [0.25, 0.3) is 0 Å². The van der Waals surface area contributed by atoms with E-state index in [4.69, 9.17) is 14.5 Å². The standard InChI is InChI=1S/C22H34N2O4/c25-20(24-6-4-23-5-7-24)13-15-2-1-3-21(14-15)26-22(28-27-21)18-9-16-8-17(11-18)12-19(22)10-16/h15-19,23H,1-14H2. The molecule has 7 rings (SSSR count). The maximum Gasteiger partial charge on any atom is 0.222 e. The summed E-state index contributed by atoms with van der Waals surface area (Å²) < 4.78 is 6.83. The van der Waals surface area contributed by atoms with Crippen LogP contribution in [0, 0.1) is 29.6 Å². The predicted octanol–water partition coefficient (Wildman–Crippen LogP) is 2.83. The number of carbonyl (C=O) groups is 1. The molecule has 7 fully saturated rings. The molecule has 2 spiro atoms. The fourth-order valence-electron chi connectivity index (χ4n) is 7.55. The topological polar surface area (TPSA) is 60.0 Å². The van der Waals surface area contributed by atoms with Crippen LogP contribution < -0.4 is 5.32 Å².